The number of amides is 2. The maximum Gasteiger partial charge on any atom is 0.319 e. The second-order valence-electron chi connectivity index (χ2n) is 7.90. The van der Waals surface area contributed by atoms with Crippen LogP contribution in [0.15, 0.2) is 47.3 Å². The highest BCUT2D eigenvalue weighted by Crippen LogP contribution is 2.20. The minimum atomic E-state index is -0.193. The van der Waals surface area contributed by atoms with Gasteiger partial charge < -0.3 is 20.1 Å². The van der Waals surface area contributed by atoms with Crippen molar-refractivity contribution in [1.82, 2.24) is 14.9 Å². The average molecular weight is 406 g/mol. The number of benzene rings is 2. The molecule has 2 N–H and O–H groups in total. The molecule has 7 nitrogen and oxygen atoms in total. The highest BCUT2D eigenvalue weighted by molar-refractivity contribution is 5.90. The number of piperidine rings is 1. The summed E-state index contributed by atoms with van der Waals surface area (Å²) in [5.74, 6) is 0.481. The predicted octanol–water partition coefficient (Wildman–Crippen LogP) is 3.34. The Hall–Kier alpha value is -3.35. The molecule has 1 aliphatic heterocycles. The summed E-state index contributed by atoms with van der Waals surface area (Å²) in [4.78, 5) is 31.9. The van der Waals surface area contributed by atoms with Crippen LogP contribution in [0.1, 0.15) is 24.0 Å². The SMILES string of the molecule is Cc1cccc(NC(=O)NC2CCN(c3nc4ccccc4n(C)c3=O)CC2)c1C. The van der Waals surface area contributed by atoms with Gasteiger partial charge in [0.1, 0.15) is 0 Å². The van der Waals surface area contributed by atoms with Crippen LogP contribution in [-0.2, 0) is 7.05 Å². The van der Waals surface area contributed by atoms with Gasteiger partial charge in [0.2, 0.25) is 0 Å². The van der Waals surface area contributed by atoms with E-state index in [1.807, 2.05) is 61.2 Å². The maximum absolute atomic E-state index is 12.8. The number of fused-ring (bicyclic) bond motifs is 1. The Bertz CT molecular complexity index is 1150. The van der Waals surface area contributed by atoms with Crippen LogP contribution in [0, 0.1) is 13.8 Å². The summed E-state index contributed by atoms with van der Waals surface area (Å²) < 4.78 is 1.65. The lowest BCUT2D eigenvalue weighted by molar-refractivity contribution is 0.246. The zero-order chi connectivity index (χ0) is 21.3. The van der Waals surface area contributed by atoms with Crippen molar-refractivity contribution in [3.8, 4) is 0 Å². The predicted molar refractivity (Wildman–Crippen MR) is 120 cm³/mol. The van der Waals surface area contributed by atoms with Crippen LogP contribution in [0.3, 0.4) is 0 Å². The average Bonchev–Trinajstić information content (AvgIpc) is 2.75. The molecule has 1 saturated heterocycles. The van der Waals surface area contributed by atoms with Crippen molar-refractivity contribution in [2.75, 3.05) is 23.3 Å². The molecule has 2 amide bonds. The Morgan fingerprint density at radius 2 is 1.80 bits per heavy atom. The summed E-state index contributed by atoms with van der Waals surface area (Å²) in [6, 6.07) is 13.4. The molecule has 0 bridgehead atoms. The van der Waals surface area contributed by atoms with E-state index in [1.54, 1.807) is 11.6 Å². The molecule has 2 aromatic carbocycles. The van der Waals surface area contributed by atoms with Gasteiger partial charge in [-0.3, -0.25) is 4.79 Å². The second-order valence-corrected chi connectivity index (χ2v) is 7.90. The third-order valence-electron chi connectivity index (χ3n) is 5.95. The summed E-state index contributed by atoms with van der Waals surface area (Å²) in [5.41, 5.74) is 4.58. The Morgan fingerprint density at radius 1 is 1.07 bits per heavy atom. The Morgan fingerprint density at radius 3 is 2.57 bits per heavy atom. The van der Waals surface area contributed by atoms with Gasteiger partial charge in [-0.15, -0.1) is 0 Å². The standard InChI is InChI=1S/C23H27N5O2/c1-15-7-6-9-18(16(15)2)26-23(30)24-17-11-13-28(14-12-17)21-22(29)27(3)20-10-5-4-8-19(20)25-21/h4-10,17H,11-14H2,1-3H3,(H2,24,26,30). The fraction of sp³-hybridized carbons (Fsp3) is 0.348. The molecule has 156 valence electrons. The summed E-state index contributed by atoms with van der Waals surface area (Å²) in [7, 11) is 1.78. The molecule has 1 aromatic heterocycles. The zero-order valence-corrected chi connectivity index (χ0v) is 17.6. The van der Waals surface area contributed by atoms with Gasteiger partial charge >= 0.3 is 6.03 Å². The quantitative estimate of drug-likeness (QED) is 0.700. The molecular weight excluding hydrogens is 378 g/mol. The number of aryl methyl sites for hydroxylation is 2. The van der Waals surface area contributed by atoms with Crippen molar-refractivity contribution in [2.45, 2.75) is 32.7 Å². The van der Waals surface area contributed by atoms with Crippen molar-refractivity contribution < 1.29 is 4.79 Å². The van der Waals surface area contributed by atoms with Gasteiger partial charge in [0.05, 0.1) is 11.0 Å². The van der Waals surface area contributed by atoms with Crippen molar-refractivity contribution >= 4 is 28.6 Å². The van der Waals surface area contributed by atoms with E-state index < -0.39 is 0 Å². The number of carbonyl (C=O) groups is 1. The molecule has 1 fully saturated rings. The van der Waals surface area contributed by atoms with Gasteiger partial charge in [0.15, 0.2) is 5.82 Å². The highest BCUT2D eigenvalue weighted by Gasteiger charge is 2.24. The van der Waals surface area contributed by atoms with Crippen molar-refractivity contribution in [1.29, 1.82) is 0 Å². The van der Waals surface area contributed by atoms with E-state index in [1.165, 1.54) is 0 Å². The number of hydrogen-bond acceptors (Lipinski definition) is 4. The number of urea groups is 1. The number of rotatable bonds is 3. The molecule has 0 atom stereocenters. The molecule has 3 aromatic rings. The van der Waals surface area contributed by atoms with Gasteiger partial charge in [-0.25, -0.2) is 9.78 Å². The fourth-order valence-electron chi connectivity index (χ4n) is 3.94. The van der Waals surface area contributed by atoms with Gasteiger partial charge in [0, 0.05) is 31.9 Å². The van der Waals surface area contributed by atoms with E-state index >= 15 is 0 Å². The topological polar surface area (TPSA) is 79.3 Å². The van der Waals surface area contributed by atoms with Crippen molar-refractivity contribution in [2.24, 2.45) is 7.05 Å². The number of aromatic nitrogens is 2. The first-order chi connectivity index (χ1) is 14.4. The Balaban J connectivity index is 1.40. The van der Waals surface area contributed by atoms with Crippen LogP contribution in [0.25, 0.3) is 11.0 Å². The molecular formula is C23H27N5O2. The number of nitrogens with zero attached hydrogens (tertiary/aromatic N) is 3. The number of carbonyl (C=O) groups excluding carboxylic acids is 1. The summed E-state index contributed by atoms with van der Waals surface area (Å²) in [6.07, 6.45) is 1.52. The van der Waals surface area contributed by atoms with Crippen LogP contribution >= 0.6 is 0 Å². The fourth-order valence-corrected chi connectivity index (χ4v) is 3.94. The summed E-state index contributed by atoms with van der Waals surface area (Å²) in [6.45, 7) is 5.38. The first kappa shape index (κ1) is 19.9. The molecule has 1 aliphatic rings. The lowest BCUT2D eigenvalue weighted by Crippen LogP contribution is -2.47. The van der Waals surface area contributed by atoms with E-state index in [0.29, 0.717) is 18.9 Å². The molecule has 0 saturated carbocycles. The zero-order valence-electron chi connectivity index (χ0n) is 17.6. The van der Waals surface area contributed by atoms with E-state index in [4.69, 9.17) is 0 Å². The smallest absolute Gasteiger partial charge is 0.319 e. The molecule has 7 heteroatoms. The Labute approximate surface area is 175 Å². The first-order valence-electron chi connectivity index (χ1n) is 10.3. The Kier molecular flexibility index (Phi) is 5.44. The number of para-hydroxylation sites is 2. The molecule has 2 heterocycles. The minimum absolute atomic E-state index is 0.0654. The molecule has 0 radical (unpaired) electrons. The largest absolute Gasteiger partial charge is 0.352 e. The van der Waals surface area contributed by atoms with Crippen molar-refractivity contribution in [3.05, 3.63) is 63.9 Å². The van der Waals surface area contributed by atoms with E-state index in [-0.39, 0.29) is 17.6 Å². The first-order valence-corrected chi connectivity index (χ1v) is 10.3. The van der Waals surface area contributed by atoms with Crippen LogP contribution in [0.2, 0.25) is 0 Å². The number of nitrogens with one attached hydrogen (secondary N) is 2. The van der Waals surface area contributed by atoms with E-state index in [0.717, 1.165) is 40.7 Å². The van der Waals surface area contributed by atoms with Gasteiger partial charge in [-0.2, -0.15) is 0 Å². The lowest BCUT2D eigenvalue weighted by atomic mass is 10.1. The lowest BCUT2D eigenvalue weighted by Gasteiger charge is -2.33. The van der Waals surface area contributed by atoms with Crippen LogP contribution < -0.4 is 21.1 Å². The summed E-state index contributed by atoms with van der Waals surface area (Å²) in [5, 5.41) is 6.01. The normalized spacial score (nSPS) is 14.7. The second kappa shape index (κ2) is 8.18. The van der Waals surface area contributed by atoms with Gasteiger partial charge in [-0.1, -0.05) is 24.3 Å². The van der Waals surface area contributed by atoms with Crippen LogP contribution in [0.4, 0.5) is 16.3 Å². The monoisotopic (exact) mass is 405 g/mol. The molecule has 0 unspecified atom stereocenters. The van der Waals surface area contributed by atoms with E-state index in [9.17, 15) is 9.59 Å². The van der Waals surface area contributed by atoms with Crippen LogP contribution in [0.5, 0.6) is 0 Å². The number of anilines is 2. The van der Waals surface area contributed by atoms with Gasteiger partial charge in [0.25, 0.3) is 5.56 Å². The highest BCUT2D eigenvalue weighted by atomic mass is 16.2. The molecule has 0 aliphatic carbocycles. The molecule has 0 spiro atoms. The third kappa shape index (κ3) is 3.87. The molecule has 4 rings (SSSR count). The van der Waals surface area contributed by atoms with E-state index in [2.05, 4.69) is 15.6 Å². The van der Waals surface area contributed by atoms with Crippen LogP contribution in [-0.4, -0.2) is 34.7 Å². The minimum Gasteiger partial charge on any atom is -0.352 e. The van der Waals surface area contributed by atoms with Gasteiger partial charge in [-0.05, 0) is 56.0 Å². The maximum atomic E-state index is 12.8. The third-order valence-corrected chi connectivity index (χ3v) is 5.95. The molecule has 30 heavy (non-hydrogen) atoms. The number of hydrogen-bond donors (Lipinski definition) is 2. The summed E-state index contributed by atoms with van der Waals surface area (Å²) >= 11 is 0. The van der Waals surface area contributed by atoms with Crippen molar-refractivity contribution in [3.63, 3.8) is 0 Å².